The molecule has 1 heterocycles. The predicted molar refractivity (Wildman–Crippen MR) is 103 cm³/mol. The first-order valence-corrected chi connectivity index (χ1v) is 9.00. The lowest BCUT2D eigenvalue weighted by atomic mass is 9.77. The zero-order valence-corrected chi connectivity index (χ0v) is 15.8. The predicted octanol–water partition coefficient (Wildman–Crippen LogP) is 3.61. The second-order valence-electron chi connectivity index (χ2n) is 7.07. The highest BCUT2D eigenvalue weighted by atomic mass is 16.5. The molecule has 0 aromatic heterocycles. The van der Waals surface area contributed by atoms with E-state index in [9.17, 15) is 9.59 Å². The summed E-state index contributed by atoms with van der Waals surface area (Å²) in [5.74, 6) is -0.256. The molecule has 2 aromatic rings. The van der Waals surface area contributed by atoms with Gasteiger partial charge >= 0.3 is 11.9 Å². The van der Waals surface area contributed by atoms with Crippen molar-refractivity contribution >= 4 is 22.7 Å². The number of carbonyl (C=O) groups is 2. The number of carbonyl (C=O) groups excluding carboxylic acids is 2. The first-order valence-electron chi connectivity index (χ1n) is 9.00. The molecule has 1 atom stereocenters. The van der Waals surface area contributed by atoms with Crippen molar-refractivity contribution in [3.8, 4) is 0 Å². The van der Waals surface area contributed by atoms with Gasteiger partial charge in [-0.1, -0.05) is 48.7 Å². The van der Waals surface area contributed by atoms with E-state index in [2.05, 4.69) is 24.4 Å². The van der Waals surface area contributed by atoms with E-state index in [1.54, 1.807) is 0 Å². The van der Waals surface area contributed by atoms with E-state index in [0.717, 1.165) is 21.9 Å². The maximum Gasteiger partial charge on any atom is 0.337 e. The van der Waals surface area contributed by atoms with Gasteiger partial charge in [0, 0.05) is 12.8 Å². The van der Waals surface area contributed by atoms with Gasteiger partial charge in [-0.3, -0.25) is 4.79 Å². The van der Waals surface area contributed by atoms with E-state index in [4.69, 9.17) is 14.2 Å². The minimum absolute atomic E-state index is 0.241. The van der Waals surface area contributed by atoms with Crippen LogP contribution in [0.5, 0.6) is 0 Å². The lowest BCUT2D eigenvalue weighted by Crippen LogP contribution is -2.34. The zero-order valence-electron chi connectivity index (χ0n) is 15.8. The fourth-order valence-corrected chi connectivity index (χ4v) is 4.18. The summed E-state index contributed by atoms with van der Waals surface area (Å²) in [7, 11) is 2.66. The highest BCUT2D eigenvalue weighted by Gasteiger charge is 2.54. The van der Waals surface area contributed by atoms with Gasteiger partial charge in [0.2, 0.25) is 0 Å². The zero-order chi connectivity index (χ0) is 19.9. The van der Waals surface area contributed by atoms with Gasteiger partial charge in [0.15, 0.2) is 0 Å². The average Bonchev–Trinajstić information content (AvgIpc) is 3.04. The van der Waals surface area contributed by atoms with Gasteiger partial charge in [-0.15, -0.1) is 0 Å². The standard InChI is InChI=1S/C23H20O5/c1-4-18-13-23(22(25)27-3)12-17-10-15-8-6-5-7-14(15)9-16(17)11-19(20(23)28-18)21(24)26-2/h5-10H,1,11-13H2,2-3H3. The summed E-state index contributed by atoms with van der Waals surface area (Å²) in [5, 5.41) is 2.14. The Kier molecular flexibility index (Phi) is 4.33. The van der Waals surface area contributed by atoms with E-state index >= 15 is 0 Å². The summed E-state index contributed by atoms with van der Waals surface area (Å²) in [6, 6.07) is 12.1. The molecule has 0 saturated carbocycles. The molecule has 2 aromatic carbocycles. The Morgan fingerprint density at radius 1 is 1.07 bits per heavy atom. The van der Waals surface area contributed by atoms with Gasteiger partial charge in [-0.25, -0.2) is 4.79 Å². The molecule has 0 N–H and O–H groups in total. The number of hydrogen-bond acceptors (Lipinski definition) is 5. The quantitative estimate of drug-likeness (QED) is 0.592. The van der Waals surface area contributed by atoms with Crippen molar-refractivity contribution in [2.24, 2.45) is 5.41 Å². The van der Waals surface area contributed by atoms with Crippen molar-refractivity contribution in [1.29, 1.82) is 0 Å². The van der Waals surface area contributed by atoms with E-state index < -0.39 is 17.4 Å². The van der Waals surface area contributed by atoms with Crippen molar-refractivity contribution in [3.63, 3.8) is 0 Å². The van der Waals surface area contributed by atoms with Crippen LogP contribution in [0.25, 0.3) is 10.8 Å². The van der Waals surface area contributed by atoms with Crippen molar-refractivity contribution in [2.75, 3.05) is 14.2 Å². The summed E-state index contributed by atoms with van der Waals surface area (Å²) in [4.78, 5) is 25.6. The highest BCUT2D eigenvalue weighted by molar-refractivity contribution is 5.94. The Bertz CT molecular complexity index is 1090. The third-order valence-electron chi connectivity index (χ3n) is 5.53. The molecule has 0 radical (unpaired) electrons. The van der Waals surface area contributed by atoms with Crippen LogP contribution in [0.15, 0.2) is 65.8 Å². The first kappa shape index (κ1) is 18.1. The van der Waals surface area contributed by atoms with Crippen molar-refractivity contribution in [2.45, 2.75) is 19.3 Å². The second kappa shape index (κ2) is 6.70. The van der Waals surface area contributed by atoms with Gasteiger partial charge in [-0.05, 0) is 28.3 Å². The SMILES string of the molecule is C=C=C1CC2(C(=O)OC)Cc3cc4ccccc4cc3CC(C(=O)OC)=C2O1. The van der Waals surface area contributed by atoms with Crippen molar-refractivity contribution in [3.05, 3.63) is 76.9 Å². The van der Waals surface area contributed by atoms with Gasteiger partial charge in [-0.2, -0.15) is 0 Å². The van der Waals surface area contributed by atoms with E-state index in [1.165, 1.54) is 14.2 Å². The highest BCUT2D eigenvalue weighted by Crippen LogP contribution is 2.51. The average molecular weight is 376 g/mol. The molecule has 2 aliphatic rings. The first-order chi connectivity index (χ1) is 13.5. The summed E-state index contributed by atoms with van der Waals surface area (Å²) in [6.45, 7) is 3.64. The fourth-order valence-electron chi connectivity index (χ4n) is 4.18. The minimum Gasteiger partial charge on any atom is -0.468 e. The summed E-state index contributed by atoms with van der Waals surface area (Å²) in [6.07, 6.45) is 0.914. The molecule has 1 fully saturated rings. The number of esters is 2. The number of methoxy groups -OCH3 is 2. The molecule has 1 saturated heterocycles. The summed E-state index contributed by atoms with van der Waals surface area (Å²) < 4.78 is 16.1. The Labute approximate surface area is 162 Å². The lowest BCUT2D eigenvalue weighted by Gasteiger charge is -2.25. The van der Waals surface area contributed by atoms with E-state index in [1.807, 2.05) is 24.3 Å². The molecule has 5 nitrogen and oxygen atoms in total. The van der Waals surface area contributed by atoms with Crippen LogP contribution in [0, 0.1) is 5.41 Å². The third-order valence-corrected chi connectivity index (χ3v) is 5.53. The second-order valence-corrected chi connectivity index (χ2v) is 7.07. The van der Waals surface area contributed by atoms with Crippen LogP contribution in [0.2, 0.25) is 0 Å². The van der Waals surface area contributed by atoms with E-state index in [0.29, 0.717) is 24.2 Å². The topological polar surface area (TPSA) is 61.8 Å². The molecule has 0 amide bonds. The maximum atomic E-state index is 13.0. The molecular weight excluding hydrogens is 356 g/mol. The molecule has 28 heavy (non-hydrogen) atoms. The summed E-state index contributed by atoms with van der Waals surface area (Å²) >= 11 is 0. The molecule has 1 aliphatic heterocycles. The Morgan fingerprint density at radius 2 is 1.75 bits per heavy atom. The van der Waals surface area contributed by atoms with Gasteiger partial charge in [0.05, 0.1) is 19.8 Å². The third kappa shape index (κ3) is 2.63. The molecule has 1 unspecified atom stereocenters. The molecular formula is C23H20O5. The largest absolute Gasteiger partial charge is 0.468 e. The lowest BCUT2D eigenvalue weighted by molar-refractivity contribution is -0.150. The number of rotatable bonds is 2. The number of benzene rings is 2. The number of allylic oxidation sites excluding steroid dienone is 1. The van der Waals surface area contributed by atoms with Crippen LogP contribution < -0.4 is 0 Å². The fraction of sp³-hybridized carbons (Fsp3) is 0.261. The smallest absolute Gasteiger partial charge is 0.337 e. The van der Waals surface area contributed by atoms with Crippen LogP contribution in [-0.4, -0.2) is 26.2 Å². The molecule has 1 aliphatic carbocycles. The Hall–Kier alpha value is -3.30. The van der Waals surface area contributed by atoms with E-state index in [-0.39, 0.29) is 12.2 Å². The van der Waals surface area contributed by atoms with Crippen molar-refractivity contribution in [1.82, 2.24) is 0 Å². The van der Waals surface area contributed by atoms with Crippen LogP contribution in [0.1, 0.15) is 17.5 Å². The van der Waals surface area contributed by atoms with Crippen molar-refractivity contribution < 1.29 is 23.8 Å². The Morgan fingerprint density at radius 3 is 2.36 bits per heavy atom. The normalized spacial score (nSPS) is 20.6. The summed E-state index contributed by atoms with van der Waals surface area (Å²) in [5.41, 5.74) is 3.87. The van der Waals surface area contributed by atoms with Crippen LogP contribution in [0.4, 0.5) is 0 Å². The molecule has 5 heteroatoms. The van der Waals surface area contributed by atoms with Crippen LogP contribution >= 0.6 is 0 Å². The van der Waals surface area contributed by atoms with Gasteiger partial charge in [0.1, 0.15) is 16.9 Å². The van der Waals surface area contributed by atoms with Gasteiger partial charge in [0.25, 0.3) is 0 Å². The van der Waals surface area contributed by atoms with Crippen LogP contribution in [-0.2, 0) is 36.6 Å². The molecule has 4 rings (SSSR count). The minimum atomic E-state index is -1.13. The molecule has 0 bridgehead atoms. The number of ether oxygens (including phenoxy) is 3. The molecule has 142 valence electrons. The number of hydrogen-bond donors (Lipinski definition) is 0. The maximum absolute atomic E-state index is 13.0. The monoisotopic (exact) mass is 376 g/mol. The number of fused-ring (bicyclic) bond motifs is 3. The van der Waals surface area contributed by atoms with Crippen LogP contribution in [0.3, 0.4) is 0 Å². The molecule has 0 spiro atoms. The van der Waals surface area contributed by atoms with Gasteiger partial charge < -0.3 is 14.2 Å². The Balaban J connectivity index is 2.01.